The predicted molar refractivity (Wildman–Crippen MR) is 124 cm³/mol. The van der Waals surface area contributed by atoms with Crippen molar-refractivity contribution in [3.8, 4) is 0 Å². The maximum atomic E-state index is 13.2. The fourth-order valence-electron chi connectivity index (χ4n) is 3.05. The molecule has 0 saturated heterocycles. The van der Waals surface area contributed by atoms with Crippen LogP contribution in [0.25, 0.3) is 0 Å². The van der Waals surface area contributed by atoms with Crippen molar-refractivity contribution in [2.24, 2.45) is 0 Å². The average Bonchev–Trinajstić information content (AvgIpc) is 2.72. The first-order chi connectivity index (χ1) is 14.2. The summed E-state index contributed by atoms with van der Waals surface area (Å²) >= 11 is 12.7. The minimum atomic E-state index is -0.642. The Hall–Kier alpha value is -2.04. The number of hydrogen-bond donors (Lipinski definition) is 1. The second-order valence-corrected chi connectivity index (χ2v) is 8.52. The van der Waals surface area contributed by atoms with Gasteiger partial charge in [-0.25, -0.2) is 0 Å². The third-order valence-corrected chi connectivity index (χ3v) is 6.01. The van der Waals surface area contributed by atoms with Crippen LogP contribution < -0.4 is 5.32 Å². The maximum absolute atomic E-state index is 13.2. The molecule has 2 aromatic rings. The van der Waals surface area contributed by atoms with Crippen molar-refractivity contribution in [2.45, 2.75) is 65.6 Å². The standard InChI is InChI=1S/C24H30Cl2N2O2/c1-5-17(3)27-24(30)18(4)28(15-20-21(25)7-6-8-22(20)26)23(29)14-13-19-11-9-16(2)10-12-19/h6-12,17-18H,5,13-15H2,1-4H3,(H,27,30). The van der Waals surface area contributed by atoms with Crippen LogP contribution in [-0.4, -0.2) is 28.8 Å². The Balaban J connectivity index is 2.21. The van der Waals surface area contributed by atoms with Gasteiger partial charge in [0.15, 0.2) is 0 Å². The van der Waals surface area contributed by atoms with Crippen molar-refractivity contribution in [2.75, 3.05) is 0 Å². The second-order valence-electron chi connectivity index (χ2n) is 7.70. The second kappa shape index (κ2) is 11.4. The van der Waals surface area contributed by atoms with Gasteiger partial charge in [0.1, 0.15) is 6.04 Å². The van der Waals surface area contributed by atoms with Gasteiger partial charge >= 0.3 is 0 Å². The van der Waals surface area contributed by atoms with Crippen LogP contribution in [0, 0.1) is 6.92 Å². The quantitative estimate of drug-likeness (QED) is 0.545. The Kier molecular flexibility index (Phi) is 9.19. The summed E-state index contributed by atoms with van der Waals surface area (Å²) in [7, 11) is 0. The normalized spacial score (nSPS) is 12.9. The van der Waals surface area contributed by atoms with Crippen LogP contribution in [0.2, 0.25) is 10.0 Å². The number of rotatable bonds is 9. The molecule has 2 unspecified atom stereocenters. The van der Waals surface area contributed by atoms with Crippen LogP contribution in [0.3, 0.4) is 0 Å². The zero-order valence-electron chi connectivity index (χ0n) is 18.0. The summed E-state index contributed by atoms with van der Waals surface area (Å²) < 4.78 is 0. The van der Waals surface area contributed by atoms with Gasteiger partial charge in [-0.2, -0.15) is 0 Å². The van der Waals surface area contributed by atoms with E-state index in [-0.39, 0.29) is 24.4 Å². The fraction of sp³-hybridized carbons (Fsp3) is 0.417. The minimum Gasteiger partial charge on any atom is -0.352 e. The molecule has 0 heterocycles. The number of carbonyl (C=O) groups is 2. The summed E-state index contributed by atoms with van der Waals surface area (Å²) in [6.07, 6.45) is 1.72. The van der Waals surface area contributed by atoms with E-state index >= 15 is 0 Å². The van der Waals surface area contributed by atoms with Crippen molar-refractivity contribution < 1.29 is 9.59 Å². The lowest BCUT2D eigenvalue weighted by Gasteiger charge is -2.30. The molecule has 0 bridgehead atoms. The highest BCUT2D eigenvalue weighted by molar-refractivity contribution is 6.36. The average molecular weight is 449 g/mol. The van der Waals surface area contributed by atoms with Crippen molar-refractivity contribution in [1.29, 1.82) is 0 Å². The van der Waals surface area contributed by atoms with Crippen molar-refractivity contribution in [3.05, 3.63) is 69.2 Å². The molecule has 0 radical (unpaired) electrons. The smallest absolute Gasteiger partial charge is 0.242 e. The zero-order valence-corrected chi connectivity index (χ0v) is 19.6. The van der Waals surface area contributed by atoms with E-state index in [2.05, 4.69) is 5.32 Å². The first-order valence-electron chi connectivity index (χ1n) is 10.3. The lowest BCUT2D eigenvalue weighted by Crippen LogP contribution is -2.49. The number of benzene rings is 2. The van der Waals surface area contributed by atoms with Gasteiger partial charge in [-0.15, -0.1) is 0 Å². The molecule has 6 heteroatoms. The summed E-state index contributed by atoms with van der Waals surface area (Å²) in [4.78, 5) is 27.5. The Morgan fingerprint density at radius 1 is 1.03 bits per heavy atom. The molecule has 0 fully saturated rings. The Labute approximate surface area is 189 Å². The molecule has 0 spiro atoms. The minimum absolute atomic E-state index is 0.0355. The van der Waals surface area contributed by atoms with Crippen LogP contribution >= 0.6 is 23.2 Å². The van der Waals surface area contributed by atoms with E-state index in [0.29, 0.717) is 28.5 Å². The van der Waals surface area contributed by atoms with Crippen LogP contribution in [0.15, 0.2) is 42.5 Å². The molecule has 0 aromatic heterocycles. The number of carbonyl (C=O) groups excluding carboxylic acids is 2. The number of amides is 2. The van der Waals surface area contributed by atoms with E-state index in [1.54, 1.807) is 30.0 Å². The van der Waals surface area contributed by atoms with E-state index in [1.165, 1.54) is 5.56 Å². The molecule has 30 heavy (non-hydrogen) atoms. The van der Waals surface area contributed by atoms with Crippen LogP contribution in [0.4, 0.5) is 0 Å². The third kappa shape index (κ3) is 6.75. The Bertz CT molecular complexity index is 848. The van der Waals surface area contributed by atoms with Crippen LogP contribution in [0.5, 0.6) is 0 Å². The first-order valence-corrected chi connectivity index (χ1v) is 11.1. The molecular weight excluding hydrogens is 419 g/mol. The Morgan fingerprint density at radius 3 is 2.20 bits per heavy atom. The van der Waals surface area contributed by atoms with Gasteiger partial charge in [0.05, 0.1) is 0 Å². The topological polar surface area (TPSA) is 49.4 Å². The van der Waals surface area contributed by atoms with Crippen molar-refractivity contribution >= 4 is 35.0 Å². The number of nitrogens with zero attached hydrogens (tertiary/aromatic N) is 1. The summed E-state index contributed by atoms with van der Waals surface area (Å²) in [6, 6.07) is 12.7. The molecule has 2 rings (SSSR count). The molecule has 2 atom stereocenters. The van der Waals surface area contributed by atoms with E-state index in [9.17, 15) is 9.59 Å². The van der Waals surface area contributed by atoms with E-state index in [4.69, 9.17) is 23.2 Å². The molecule has 0 aliphatic heterocycles. The van der Waals surface area contributed by atoms with Crippen LogP contribution in [-0.2, 0) is 22.6 Å². The van der Waals surface area contributed by atoms with Gasteiger partial charge < -0.3 is 10.2 Å². The molecule has 4 nitrogen and oxygen atoms in total. The number of hydrogen-bond acceptors (Lipinski definition) is 2. The van der Waals surface area contributed by atoms with Gasteiger partial charge in [0.25, 0.3) is 0 Å². The zero-order chi connectivity index (χ0) is 22.3. The summed E-state index contributed by atoms with van der Waals surface area (Å²) in [6.45, 7) is 7.90. The number of halogens is 2. The number of aryl methyl sites for hydroxylation is 2. The summed E-state index contributed by atoms with van der Waals surface area (Å²) in [5.41, 5.74) is 2.91. The lowest BCUT2D eigenvalue weighted by atomic mass is 10.1. The molecule has 162 valence electrons. The SMILES string of the molecule is CCC(C)NC(=O)C(C)N(Cc1c(Cl)cccc1Cl)C(=O)CCc1ccc(C)cc1. The monoisotopic (exact) mass is 448 g/mol. The van der Waals surface area contributed by atoms with Crippen molar-refractivity contribution in [3.63, 3.8) is 0 Å². The largest absolute Gasteiger partial charge is 0.352 e. The fourth-order valence-corrected chi connectivity index (χ4v) is 3.57. The highest BCUT2D eigenvalue weighted by Gasteiger charge is 2.27. The Morgan fingerprint density at radius 2 is 1.63 bits per heavy atom. The molecule has 0 saturated carbocycles. The maximum Gasteiger partial charge on any atom is 0.242 e. The highest BCUT2D eigenvalue weighted by Crippen LogP contribution is 2.27. The van der Waals surface area contributed by atoms with Gasteiger partial charge in [-0.3, -0.25) is 9.59 Å². The molecule has 0 aliphatic rings. The lowest BCUT2D eigenvalue weighted by molar-refractivity contribution is -0.140. The van der Waals surface area contributed by atoms with Gasteiger partial charge in [0, 0.05) is 34.6 Å². The van der Waals surface area contributed by atoms with E-state index < -0.39 is 6.04 Å². The summed E-state index contributed by atoms with van der Waals surface area (Å²) in [5, 5.41) is 3.92. The third-order valence-electron chi connectivity index (χ3n) is 5.31. The van der Waals surface area contributed by atoms with Crippen molar-refractivity contribution in [1.82, 2.24) is 10.2 Å². The summed E-state index contributed by atoms with van der Waals surface area (Å²) in [5.74, 6) is -0.297. The predicted octanol–water partition coefficient (Wildman–Crippen LogP) is 5.57. The van der Waals surface area contributed by atoms with Gasteiger partial charge in [0.2, 0.25) is 11.8 Å². The first kappa shape index (κ1) is 24.2. The molecule has 2 aromatic carbocycles. The number of nitrogens with one attached hydrogen (secondary N) is 1. The van der Waals surface area contributed by atoms with E-state index in [1.807, 2.05) is 45.0 Å². The van der Waals surface area contributed by atoms with E-state index in [0.717, 1.165) is 12.0 Å². The molecular formula is C24H30Cl2N2O2. The van der Waals surface area contributed by atoms with Gasteiger partial charge in [-0.1, -0.05) is 66.0 Å². The van der Waals surface area contributed by atoms with Gasteiger partial charge in [-0.05, 0) is 51.3 Å². The molecule has 0 aliphatic carbocycles. The molecule has 2 amide bonds. The molecule has 1 N–H and O–H groups in total. The van der Waals surface area contributed by atoms with Crippen LogP contribution in [0.1, 0.15) is 50.3 Å². The highest BCUT2D eigenvalue weighted by atomic mass is 35.5.